The summed E-state index contributed by atoms with van der Waals surface area (Å²) in [6, 6.07) is 0. The fraction of sp³-hybridized carbons (Fsp3) is 0.800. The van der Waals surface area contributed by atoms with E-state index in [4.69, 9.17) is 0 Å². The quantitative estimate of drug-likeness (QED) is 0.452. The second-order valence-corrected chi connectivity index (χ2v) is 4.91. The Morgan fingerprint density at radius 1 is 0.947 bits per heavy atom. The maximum absolute atomic E-state index is 12.1. The van der Waals surface area contributed by atoms with Crippen molar-refractivity contribution in [1.29, 1.82) is 0 Å². The van der Waals surface area contributed by atoms with Crippen LogP contribution in [-0.2, 0) is 14.4 Å². The topological polar surface area (TPSA) is 54.5 Å². The summed E-state index contributed by atoms with van der Waals surface area (Å²) in [7, 11) is 0. The predicted octanol–water partition coefficient (Wildman–Crippen LogP) is 2.60. The Bertz CT molecular complexity index is 305. The molecule has 0 unspecified atom stereocenters. The number of carbonyl (C=O) groups is 3. The fourth-order valence-electron chi connectivity index (χ4n) is 1.81. The normalized spacial score (nSPS) is 12.0. The highest BCUT2D eigenvalue weighted by Gasteiger charge is 2.29. The van der Waals surface area contributed by atoms with Crippen molar-refractivity contribution >= 4 is 17.5 Å². The number of hydrogen-bond acceptors (Lipinski definition) is 3. The van der Waals surface area contributed by atoms with Gasteiger partial charge in [-0.3, -0.25) is 14.4 Å². The summed E-state index contributed by atoms with van der Waals surface area (Å²) < 4.78 is 0. The summed E-state index contributed by atoms with van der Waals surface area (Å²) >= 11 is 0. The van der Waals surface area contributed by atoms with Gasteiger partial charge in [-0.1, -0.05) is 33.6 Å². The van der Waals surface area contributed by atoms with Gasteiger partial charge in [-0.15, -0.1) is 0 Å². The molecule has 0 N–H and O–H groups in total. The van der Waals surface area contributed by atoms with Gasteiger partial charge in [0.05, 0.1) is 5.92 Å². The summed E-state index contributed by atoms with van der Waals surface area (Å²) in [5.74, 6) is -2.01. The summed E-state index contributed by atoms with van der Waals surface area (Å²) in [5, 5.41) is 0. The minimum absolute atomic E-state index is 0.163. The van der Waals surface area contributed by atoms with Crippen LogP contribution in [0.2, 0.25) is 0 Å². The first-order chi connectivity index (χ1) is 8.99. The summed E-state index contributed by atoms with van der Waals surface area (Å²) in [5.41, 5.74) is 0. The number of ketones is 2. The van der Waals surface area contributed by atoms with Crippen LogP contribution in [0.25, 0.3) is 0 Å². The van der Waals surface area contributed by atoms with Gasteiger partial charge in [-0.25, -0.2) is 0 Å². The molecule has 0 saturated heterocycles. The van der Waals surface area contributed by atoms with Crippen molar-refractivity contribution in [3.8, 4) is 0 Å². The molecule has 0 fully saturated rings. The van der Waals surface area contributed by atoms with Crippen molar-refractivity contribution in [2.75, 3.05) is 13.1 Å². The van der Waals surface area contributed by atoms with Gasteiger partial charge >= 0.3 is 0 Å². The van der Waals surface area contributed by atoms with E-state index in [-0.39, 0.29) is 5.78 Å². The molecule has 0 aliphatic heterocycles. The molecule has 0 aliphatic rings. The number of nitrogens with zero attached hydrogens (tertiary/aromatic N) is 1. The minimum Gasteiger partial charge on any atom is -0.336 e. The Kier molecular flexibility index (Phi) is 9.09. The van der Waals surface area contributed by atoms with Gasteiger partial charge in [0, 0.05) is 19.5 Å². The summed E-state index contributed by atoms with van der Waals surface area (Å²) in [6.07, 6.45) is 4.03. The van der Waals surface area contributed by atoms with Crippen molar-refractivity contribution in [3.63, 3.8) is 0 Å². The lowest BCUT2D eigenvalue weighted by molar-refractivity contribution is -0.148. The van der Waals surface area contributed by atoms with Gasteiger partial charge in [0.1, 0.15) is 5.78 Å². The molecule has 1 atom stereocenters. The minimum atomic E-state index is -0.803. The van der Waals surface area contributed by atoms with Crippen LogP contribution >= 0.6 is 0 Å². The monoisotopic (exact) mass is 269 g/mol. The zero-order chi connectivity index (χ0) is 14.8. The SMILES string of the molecule is CCCCN(CCCC)C(=O)C(=O)[C@@H](C)C(=O)CC. The molecular weight excluding hydrogens is 242 g/mol. The largest absolute Gasteiger partial charge is 0.336 e. The van der Waals surface area contributed by atoms with Gasteiger partial charge < -0.3 is 4.90 Å². The molecule has 19 heavy (non-hydrogen) atoms. The highest BCUT2D eigenvalue weighted by atomic mass is 16.2. The lowest BCUT2D eigenvalue weighted by atomic mass is 9.98. The Hall–Kier alpha value is -1.19. The molecule has 0 spiro atoms. The molecule has 0 rings (SSSR count). The van der Waals surface area contributed by atoms with Crippen LogP contribution < -0.4 is 0 Å². The van der Waals surface area contributed by atoms with Crippen LogP contribution in [0.15, 0.2) is 0 Å². The zero-order valence-electron chi connectivity index (χ0n) is 12.7. The second kappa shape index (κ2) is 9.70. The van der Waals surface area contributed by atoms with Crippen molar-refractivity contribution < 1.29 is 14.4 Å². The van der Waals surface area contributed by atoms with E-state index in [1.807, 2.05) is 13.8 Å². The zero-order valence-corrected chi connectivity index (χ0v) is 12.7. The summed E-state index contributed by atoms with van der Waals surface area (Å²) in [6.45, 7) is 8.55. The first kappa shape index (κ1) is 17.8. The number of Topliss-reactive ketones (excluding diaryl/α,β-unsaturated/α-hetero) is 2. The van der Waals surface area contributed by atoms with E-state index in [1.165, 1.54) is 6.92 Å². The average molecular weight is 269 g/mol. The molecule has 0 saturated carbocycles. The van der Waals surface area contributed by atoms with Gasteiger partial charge in [0.2, 0.25) is 5.78 Å². The lowest BCUT2D eigenvalue weighted by Gasteiger charge is -2.22. The van der Waals surface area contributed by atoms with Crippen LogP contribution in [0.1, 0.15) is 59.8 Å². The molecule has 4 heteroatoms. The molecular formula is C15H27NO3. The molecule has 0 heterocycles. The first-order valence-electron chi connectivity index (χ1n) is 7.35. The van der Waals surface area contributed by atoms with E-state index < -0.39 is 17.6 Å². The van der Waals surface area contributed by atoms with Gasteiger partial charge in [0.15, 0.2) is 0 Å². The smallest absolute Gasteiger partial charge is 0.290 e. The Morgan fingerprint density at radius 2 is 1.42 bits per heavy atom. The maximum Gasteiger partial charge on any atom is 0.290 e. The van der Waals surface area contributed by atoms with Crippen molar-refractivity contribution in [2.24, 2.45) is 5.92 Å². The van der Waals surface area contributed by atoms with Gasteiger partial charge in [-0.05, 0) is 19.8 Å². The van der Waals surface area contributed by atoms with Crippen molar-refractivity contribution in [3.05, 3.63) is 0 Å². The third kappa shape index (κ3) is 5.99. The number of hydrogen-bond donors (Lipinski definition) is 0. The third-order valence-electron chi connectivity index (χ3n) is 3.29. The Labute approximate surface area is 116 Å². The van der Waals surface area contributed by atoms with Crippen molar-refractivity contribution in [2.45, 2.75) is 59.8 Å². The molecule has 0 aliphatic carbocycles. The van der Waals surface area contributed by atoms with Crippen molar-refractivity contribution in [1.82, 2.24) is 4.90 Å². The van der Waals surface area contributed by atoms with Gasteiger partial charge in [0.25, 0.3) is 5.91 Å². The second-order valence-electron chi connectivity index (χ2n) is 4.91. The maximum atomic E-state index is 12.1. The first-order valence-corrected chi connectivity index (χ1v) is 7.35. The number of rotatable bonds is 10. The van der Waals surface area contributed by atoms with Crippen LogP contribution in [0.4, 0.5) is 0 Å². The predicted molar refractivity (Wildman–Crippen MR) is 75.9 cm³/mol. The van der Waals surface area contributed by atoms with E-state index in [1.54, 1.807) is 11.8 Å². The molecule has 0 aromatic heterocycles. The standard InChI is InChI=1S/C15H27NO3/c1-5-8-10-16(11-9-6-2)15(19)14(18)12(4)13(17)7-3/h12H,5-11H2,1-4H3/t12-/m0/s1. The van der Waals surface area contributed by atoms with Crippen LogP contribution in [0.5, 0.6) is 0 Å². The molecule has 0 aromatic carbocycles. The molecule has 0 aromatic rings. The Balaban J connectivity index is 4.67. The molecule has 0 bridgehead atoms. The fourth-order valence-corrected chi connectivity index (χ4v) is 1.81. The van der Waals surface area contributed by atoms with E-state index >= 15 is 0 Å². The van der Waals surface area contributed by atoms with Gasteiger partial charge in [-0.2, -0.15) is 0 Å². The molecule has 1 amide bonds. The molecule has 110 valence electrons. The van der Waals surface area contributed by atoms with E-state index in [9.17, 15) is 14.4 Å². The third-order valence-corrected chi connectivity index (χ3v) is 3.29. The number of unbranched alkanes of at least 4 members (excludes halogenated alkanes) is 2. The van der Waals surface area contributed by atoms with Crippen LogP contribution in [-0.4, -0.2) is 35.5 Å². The summed E-state index contributed by atoms with van der Waals surface area (Å²) in [4.78, 5) is 37.3. The molecule has 4 nitrogen and oxygen atoms in total. The van der Waals surface area contributed by atoms with E-state index in [2.05, 4.69) is 0 Å². The van der Waals surface area contributed by atoms with E-state index in [0.29, 0.717) is 19.5 Å². The van der Waals surface area contributed by atoms with Crippen LogP contribution in [0.3, 0.4) is 0 Å². The highest BCUT2D eigenvalue weighted by Crippen LogP contribution is 2.07. The highest BCUT2D eigenvalue weighted by molar-refractivity contribution is 6.40. The number of carbonyl (C=O) groups excluding carboxylic acids is 3. The van der Waals surface area contributed by atoms with Crippen LogP contribution in [0, 0.1) is 5.92 Å². The Morgan fingerprint density at radius 3 is 1.79 bits per heavy atom. The van der Waals surface area contributed by atoms with E-state index in [0.717, 1.165) is 25.7 Å². The average Bonchev–Trinajstić information content (AvgIpc) is 2.44. The number of amides is 1. The lowest BCUT2D eigenvalue weighted by Crippen LogP contribution is -2.41. The molecule has 0 radical (unpaired) electrons.